The average molecular weight is 904 g/mol. The number of hydrogen-bond acceptors (Lipinski definition) is 0. The Morgan fingerprint density at radius 3 is 1.87 bits per heavy atom. The summed E-state index contributed by atoms with van der Waals surface area (Å²) in [5, 5.41) is 10.1. The van der Waals surface area contributed by atoms with Gasteiger partial charge >= 0.3 is 0 Å². The maximum Gasteiger partial charge on any atom is 0.241 e. The number of aromatic nitrogens is 3. The maximum atomic E-state index is 2.56. The number of aryl methyl sites for hydroxylation is 1. The quantitative estimate of drug-likeness (QED) is 0.142. The zero-order valence-electron chi connectivity index (χ0n) is 39.1. The Morgan fingerprint density at radius 1 is 0.380 bits per heavy atom. The second-order valence-corrected chi connectivity index (χ2v) is 19.5. The minimum Gasteiger partial charge on any atom is -0.311 e. The number of nitrogens with zero attached hydrogens (tertiary/aromatic N) is 3. The standard InChI is InChI=1S/C67H46BN3/c1-2-20-53(21-3-1)69-62-27-12-11-26-57(62)60-42-49(31-37-64(60)69)48-19-14-24-55(41-48)71-65-38-34-52(68(50-32-29-44-15-4-6-17-46(44)39-50)51-33-30-45-16-5-7-18-47(45)40-51)43-61(65)59-36-35-58-56-25-10-13-28-63(56)70(66(58)67(59)71)54-22-8-9-23-54/h1-6,8-17,19-22,24-43H,7,18,23H2. The molecule has 3 heterocycles. The molecule has 0 saturated carbocycles. The van der Waals surface area contributed by atoms with Crippen LogP contribution in [0.3, 0.4) is 0 Å². The Morgan fingerprint density at radius 2 is 1.01 bits per heavy atom. The third-order valence-electron chi connectivity index (χ3n) is 15.6. The van der Waals surface area contributed by atoms with Crippen molar-refractivity contribution in [1.29, 1.82) is 0 Å². The lowest BCUT2D eigenvalue weighted by molar-refractivity contribution is 0.987. The summed E-state index contributed by atoms with van der Waals surface area (Å²) in [5.41, 5.74) is 20.0. The van der Waals surface area contributed by atoms with Crippen molar-refractivity contribution >= 4 is 111 Å². The molecule has 0 fully saturated rings. The van der Waals surface area contributed by atoms with Crippen molar-refractivity contribution in [2.45, 2.75) is 19.3 Å². The molecule has 0 amide bonds. The van der Waals surface area contributed by atoms with Crippen molar-refractivity contribution in [3.8, 4) is 22.5 Å². The fraction of sp³-hybridized carbons (Fsp3) is 0.0448. The Labute approximate surface area is 412 Å². The molecule has 13 aromatic rings. The molecule has 2 aliphatic rings. The predicted octanol–water partition coefficient (Wildman–Crippen LogP) is 15.1. The van der Waals surface area contributed by atoms with Gasteiger partial charge < -0.3 is 13.7 Å². The normalized spacial score (nSPS) is 13.4. The predicted molar refractivity (Wildman–Crippen MR) is 304 cm³/mol. The van der Waals surface area contributed by atoms with Crippen LogP contribution in [0.2, 0.25) is 0 Å². The highest BCUT2D eigenvalue weighted by atomic mass is 15.0. The van der Waals surface area contributed by atoms with Crippen molar-refractivity contribution in [3.63, 3.8) is 0 Å². The highest BCUT2D eigenvalue weighted by Crippen LogP contribution is 2.43. The second-order valence-electron chi connectivity index (χ2n) is 19.5. The van der Waals surface area contributed by atoms with Gasteiger partial charge in [0.25, 0.3) is 0 Å². The summed E-state index contributed by atoms with van der Waals surface area (Å²) in [4.78, 5) is 0. The molecule has 15 rings (SSSR count). The van der Waals surface area contributed by atoms with E-state index in [1.54, 1.807) is 0 Å². The van der Waals surface area contributed by atoms with Crippen LogP contribution in [-0.2, 0) is 6.42 Å². The summed E-state index contributed by atoms with van der Waals surface area (Å²) in [6.45, 7) is 0.0367. The van der Waals surface area contributed by atoms with E-state index in [1.165, 1.54) is 126 Å². The van der Waals surface area contributed by atoms with Crippen LogP contribution < -0.4 is 16.4 Å². The van der Waals surface area contributed by atoms with Gasteiger partial charge in [-0.3, -0.25) is 0 Å². The van der Waals surface area contributed by atoms with E-state index in [1.807, 2.05) is 0 Å². The minimum absolute atomic E-state index is 0.0367. The van der Waals surface area contributed by atoms with E-state index >= 15 is 0 Å². The summed E-state index contributed by atoms with van der Waals surface area (Å²) in [7, 11) is 0. The highest BCUT2D eigenvalue weighted by molar-refractivity contribution is 6.95. The van der Waals surface area contributed by atoms with E-state index in [0.29, 0.717) is 0 Å². The molecule has 4 heteroatoms. The van der Waals surface area contributed by atoms with Crippen LogP contribution in [0.15, 0.2) is 237 Å². The van der Waals surface area contributed by atoms with Gasteiger partial charge in [-0.1, -0.05) is 198 Å². The fourth-order valence-electron chi connectivity index (χ4n) is 12.3. The van der Waals surface area contributed by atoms with Crippen molar-refractivity contribution < 1.29 is 0 Å². The zero-order chi connectivity index (χ0) is 46.6. The van der Waals surface area contributed by atoms with Crippen LogP contribution in [0.1, 0.15) is 24.0 Å². The SMILES string of the molecule is C1=CCC(n2c3ccccc3c3ccc4c5cc(B(c6ccc7c(c6)CCC=C7)c6ccc7ccccc7c6)ccc5n(-c5cccc(-c6ccc7c(c6)c6ccccc6n7-c6ccccc6)c5)c4c32)=C1. The molecule has 2 aliphatic carbocycles. The Hall–Kier alpha value is -8.86. The number of rotatable bonds is 7. The van der Waals surface area contributed by atoms with Gasteiger partial charge in [-0.15, -0.1) is 0 Å². The van der Waals surface area contributed by atoms with Gasteiger partial charge in [0.15, 0.2) is 0 Å². The molecule has 0 bridgehead atoms. The molecule has 10 aromatic carbocycles. The van der Waals surface area contributed by atoms with Gasteiger partial charge in [-0.05, 0) is 107 Å². The Kier molecular flexibility index (Phi) is 8.94. The summed E-state index contributed by atoms with van der Waals surface area (Å²) < 4.78 is 7.50. The van der Waals surface area contributed by atoms with Crippen LogP contribution in [0.5, 0.6) is 0 Å². The first-order chi connectivity index (χ1) is 35.2. The highest BCUT2D eigenvalue weighted by Gasteiger charge is 2.27. The molecule has 0 atom stereocenters. The molecule has 71 heavy (non-hydrogen) atoms. The van der Waals surface area contributed by atoms with Gasteiger partial charge in [-0.25, -0.2) is 0 Å². The molecular weight excluding hydrogens is 858 g/mol. The van der Waals surface area contributed by atoms with Crippen LogP contribution in [0.4, 0.5) is 0 Å². The topological polar surface area (TPSA) is 14.8 Å². The van der Waals surface area contributed by atoms with E-state index in [4.69, 9.17) is 0 Å². The van der Waals surface area contributed by atoms with E-state index < -0.39 is 0 Å². The third-order valence-corrected chi connectivity index (χ3v) is 15.6. The van der Waals surface area contributed by atoms with E-state index in [2.05, 4.69) is 256 Å². The van der Waals surface area contributed by atoms with Gasteiger partial charge in [0.2, 0.25) is 6.71 Å². The van der Waals surface area contributed by atoms with Crippen molar-refractivity contribution in [3.05, 3.63) is 248 Å². The smallest absolute Gasteiger partial charge is 0.241 e. The fourth-order valence-corrected chi connectivity index (χ4v) is 12.3. The molecule has 0 radical (unpaired) electrons. The molecule has 0 aliphatic heterocycles. The number of hydrogen-bond donors (Lipinski definition) is 0. The number of benzene rings is 10. The van der Waals surface area contributed by atoms with Crippen LogP contribution >= 0.6 is 0 Å². The summed E-state index contributed by atoms with van der Waals surface area (Å²) in [5.74, 6) is 0. The number of para-hydroxylation sites is 3. The van der Waals surface area contributed by atoms with Crippen LogP contribution in [-0.4, -0.2) is 20.4 Å². The van der Waals surface area contributed by atoms with Crippen molar-refractivity contribution in [2.24, 2.45) is 0 Å². The third kappa shape index (κ3) is 6.24. The molecule has 0 N–H and O–H groups in total. The Balaban J connectivity index is 0.983. The van der Waals surface area contributed by atoms with Gasteiger partial charge in [0.05, 0.1) is 33.1 Å². The monoisotopic (exact) mass is 903 g/mol. The molecule has 0 spiro atoms. The van der Waals surface area contributed by atoms with Crippen molar-refractivity contribution in [1.82, 2.24) is 13.7 Å². The van der Waals surface area contributed by atoms with Crippen molar-refractivity contribution in [2.75, 3.05) is 0 Å². The minimum atomic E-state index is 0.0367. The summed E-state index contributed by atoms with van der Waals surface area (Å²) >= 11 is 0. The lowest BCUT2D eigenvalue weighted by Gasteiger charge is -2.20. The molecular formula is C67H46BN3. The lowest BCUT2D eigenvalue weighted by Crippen LogP contribution is -2.52. The molecule has 0 unspecified atom stereocenters. The van der Waals surface area contributed by atoms with Gasteiger partial charge in [0.1, 0.15) is 0 Å². The lowest BCUT2D eigenvalue weighted by atomic mass is 9.36. The van der Waals surface area contributed by atoms with Gasteiger partial charge in [-0.2, -0.15) is 0 Å². The first-order valence-electron chi connectivity index (χ1n) is 25.1. The Bertz CT molecular complexity index is 4440. The van der Waals surface area contributed by atoms with E-state index in [9.17, 15) is 0 Å². The number of fused-ring (bicyclic) bond motifs is 12. The zero-order valence-corrected chi connectivity index (χ0v) is 39.1. The molecule has 0 saturated heterocycles. The second kappa shape index (κ2) is 15.8. The van der Waals surface area contributed by atoms with E-state index in [-0.39, 0.29) is 6.71 Å². The largest absolute Gasteiger partial charge is 0.311 e. The molecule has 332 valence electrons. The first-order valence-corrected chi connectivity index (χ1v) is 25.1. The maximum absolute atomic E-state index is 2.56. The molecule has 3 aromatic heterocycles. The average Bonchev–Trinajstić information content (AvgIpc) is 4.23. The first kappa shape index (κ1) is 40.1. The van der Waals surface area contributed by atoms with Crippen LogP contribution in [0.25, 0.3) is 110 Å². The summed E-state index contributed by atoms with van der Waals surface area (Å²) in [6, 6.07) is 79.9. The molecule has 3 nitrogen and oxygen atoms in total. The van der Waals surface area contributed by atoms with Crippen LogP contribution in [0, 0.1) is 0 Å². The number of allylic oxidation sites excluding steroid dienone is 5. The summed E-state index contributed by atoms with van der Waals surface area (Å²) in [6.07, 6.45) is 14.4. The van der Waals surface area contributed by atoms with Gasteiger partial charge in [0, 0.05) is 55.8 Å². The van der Waals surface area contributed by atoms with E-state index in [0.717, 1.165) is 24.9 Å².